The Bertz CT molecular complexity index is 1270. The zero-order valence-corrected chi connectivity index (χ0v) is 19.8. The lowest BCUT2D eigenvalue weighted by molar-refractivity contribution is -0.119. The van der Waals surface area contributed by atoms with Gasteiger partial charge in [0.2, 0.25) is 0 Å². The van der Waals surface area contributed by atoms with Crippen molar-refractivity contribution in [1.29, 1.82) is 0 Å². The van der Waals surface area contributed by atoms with Crippen LogP contribution in [0.15, 0.2) is 48.8 Å². The first kappa shape index (κ1) is 24.1. The second-order valence-corrected chi connectivity index (χ2v) is 8.88. The fraction of sp³-hybridized carbons (Fsp3) is 0.240. The predicted molar refractivity (Wildman–Crippen MR) is 130 cm³/mol. The molecule has 1 aliphatic rings. The van der Waals surface area contributed by atoms with Crippen molar-refractivity contribution in [1.82, 2.24) is 4.98 Å². The van der Waals surface area contributed by atoms with E-state index in [-0.39, 0.29) is 22.7 Å². The standard InChI is InChI=1S/C25H23N3O6S/c1-33-24(31)16-8-2-4-10-18(16)27-20(29)14-34-25(32)21-17-9-3-5-11-19(17)35-23(21)28-22(30)15-7-6-12-26-13-15/h2,4,6-8,10,12-13H,3,5,9,11,14H2,1H3,(H,27,29)(H,28,30). The van der Waals surface area contributed by atoms with Gasteiger partial charge in [0.15, 0.2) is 6.61 Å². The number of ether oxygens (including phenoxy) is 2. The normalized spacial score (nSPS) is 12.3. The number of carbonyl (C=O) groups excluding carboxylic acids is 4. The smallest absolute Gasteiger partial charge is 0.341 e. The summed E-state index contributed by atoms with van der Waals surface area (Å²) in [4.78, 5) is 55.1. The monoisotopic (exact) mass is 493 g/mol. The van der Waals surface area contributed by atoms with E-state index in [1.165, 1.54) is 30.7 Å². The summed E-state index contributed by atoms with van der Waals surface area (Å²) in [5.74, 6) is -2.29. The molecule has 1 aromatic carbocycles. The van der Waals surface area contributed by atoms with Crippen LogP contribution in [-0.4, -0.2) is 42.5 Å². The van der Waals surface area contributed by atoms with Gasteiger partial charge < -0.3 is 20.1 Å². The van der Waals surface area contributed by atoms with Crippen molar-refractivity contribution >= 4 is 45.8 Å². The lowest BCUT2D eigenvalue weighted by atomic mass is 9.95. The predicted octanol–water partition coefficient (Wildman–Crippen LogP) is 3.86. The van der Waals surface area contributed by atoms with Crippen LogP contribution in [0, 0.1) is 0 Å². The molecule has 2 heterocycles. The van der Waals surface area contributed by atoms with Gasteiger partial charge in [-0.3, -0.25) is 14.6 Å². The Morgan fingerprint density at radius 1 is 1.00 bits per heavy atom. The van der Waals surface area contributed by atoms with E-state index in [0.717, 1.165) is 29.7 Å². The summed E-state index contributed by atoms with van der Waals surface area (Å²) < 4.78 is 10.0. The number of nitrogens with one attached hydrogen (secondary N) is 2. The molecule has 9 nitrogen and oxygen atoms in total. The van der Waals surface area contributed by atoms with E-state index in [1.807, 2.05) is 0 Å². The van der Waals surface area contributed by atoms with Gasteiger partial charge in [-0.15, -0.1) is 11.3 Å². The molecule has 0 saturated carbocycles. The summed E-state index contributed by atoms with van der Waals surface area (Å²) in [7, 11) is 1.24. The number of hydrogen-bond donors (Lipinski definition) is 2. The van der Waals surface area contributed by atoms with Gasteiger partial charge in [0.05, 0.1) is 29.5 Å². The minimum atomic E-state index is -0.692. The number of aryl methyl sites for hydroxylation is 1. The van der Waals surface area contributed by atoms with E-state index in [0.29, 0.717) is 17.0 Å². The highest BCUT2D eigenvalue weighted by molar-refractivity contribution is 7.17. The molecule has 0 aliphatic heterocycles. The molecular weight excluding hydrogens is 470 g/mol. The minimum absolute atomic E-state index is 0.182. The molecule has 0 radical (unpaired) electrons. The molecule has 0 saturated heterocycles. The van der Waals surface area contributed by atoms with Gasteiger partial charge in [-0.1, -0.05) is 12.1 Å². The molecule has 0 atom stereocenters. The van der Waals surface area contributed by atoms with Crippen molar-refractivity contribution in [2.45, 2.75) is 25.7 Å². The van der Waals surface area contributed by atoms with Crippen molar-refractivity contribution in [2.75, 3.05) is 24.4 Å². The van der Waals surface area contributed by atoms with E-state index in [2.05, 4.69) is 15.6 Å². The maximum atomic E-state index is 13.1. The first-order valence-electron chi connectivity index (χ1n) is 11.0. The van der Waals surface area contributed by atoms with Crippen LogP contribution in [0.3, 0.4) is 0 Å². The number of benzene rings is 1. The number of aromatic nitrogens is 1. The van der Waals surface area contributed by atoms with Crippen LogP contribution in [0.1, 0.15) is 54.4 Å². The average molecular weight is 494 g/mol. The van der Waals surface area contributed by atoms with E-state index >= 15 is 0 Å². The van der Waals surface area contributed by atoms with Crippen LogP contribution < -0.4 is 10.6 Å². The van der Waals surface area contributed by atoms with Crippen LogP contribution >= 0.6 is 11.3 Å². The number of carbonyl (C=O) groups is 4. The quantitative estimate of drug-likeness (QED) is 0.479. The third-order valence-electron chi connectivity index (χ3n) is 5.47. The number of hydrogen-bond acceptors (Lipinski definition) is 8. The molecule has 1 aliphatic carbocycles. The lowest BCUT2D eigenvalue weighted by Crippen LogP contribution is -2.23. The van der Waals surface area contributed by atoms with Crippen molar-refractivity contribution in [3.8, 4) is 0 Å². The van der Waals surface area contributed by atoms with E-state index in [9.17, 15) is 19.2 Å². The van der Waals surface area contributed by atoms with Gasteiger partial charge in [-0.25, -0.2) is 9.59 Å². The number of nitrogens with zero attached hydrogens (tertiary/aromatic N) is 1. The Morgan fingerprint density at radius 2 is 1.80 bits per heavy atom. The van der Waals surface area contributed by atoms with Crippen molar-refractivity contribution in [2.24, 2.45) is 0 Å². The maximum absolute atomic E-state index is 13.1. The van der Waals surface area contributed by atoms with E-state index in [4.69, 9.17) is 9.47 Å². The number of esters is 2. The summed E-state index contributed by atoms with van der Waals surface area (Å²) in [5, 5.41) is 5.77. The number of rotatable bonds is 7. The number of para-hydroxylation sites is 1. The summed E-state index contributed by atoms with van der Waals surface area (Å²) >= 11 is 1.35. The number of fused-ring (bicyclic) bond motifs is 1. The van der Waals surface area contributed by atoms with Crippen molar-refractivity contribution < 1.29 is 28.7 Å². The third-order valence-corrected chi connectivity index (χ3v) is 6.67. The van der Waals surface area contributed by atoms with Gasteiger partial charge in [0.1, 0.15) is 5.00 Å². The van der Waals surface area contributed by atoms with Crippen molar-refractivity contribution in [3.63, 3.8) is 0 Å². The Balaban J connectivity index is 1.48. The molecule has 0 bridgehead atoms. The number of thiophene rings is 1. The van der Waals surface area contributed by atoms with Crippen LogP contribution in [0.2, 0.25) is 0 Å². The van der Waals surface area contributed by atoms with E-state index in [1.54, 1.807) is 36.5 Å². The maximum Gasteiger partial charge on any atom is 0.341 e. The highest BCUT2D eigenvalue weighted by Gasteiger charge is 2.28. The van der Waals surface area contributed by atoms with Crippen LogP contribution in [0.4, 0.5) is 10.7 Å². The second-order valence-electron chi connectivity index (χ2n) is 7.77. The number of methoxy groups -OCH3 is 1. The molecule has 180 valence electrons. The molecule has 0 spiro atoms. The molecule has 35 heavy (non-hydrogen) atoms. The molecule has 4 rings (SSSR count). The van der Waals surface area contributed by atoms with Gasteiger partial charge in [0, 0.05) is 17.3 Å². The molecule has 2 amide bonds. The summed E-state index contributed by atoms with van der Waals surface area (Å²) in [6, 6.07) is 9.65. The molecule has 3 aromatic rings. The van der Waals surface area contributed by atoms with Gasteiger partial charge in [0.25, 0.3) is 11.8 Å². The zero-order chi connectivity index (χ0) is 24.8. The topological polar surface area (TPSA) is 124 Å². The highest BCUT2D eigenvalue weighted by Crippen LogP contribution is 2.38. The van der Waals surface area contributed by atoms with Gasteiger partial charge >= 0.3 is 11.9 Å². The zero-order valence-electron chi connectivity index (χ0n) is 19.0. The fourth-order valence-corrected chi connectivity index (χ4v) is 5.08. The van der Waals surface area contributed by atoms with Gasteiger partial charge in [-0.05, 0) is 55.5 Å². The number of amides is 2. The van der Waals surface area contributed by atoms with Crippen LogP contribution in [-0.2, 0) is 27.1 Å². The van der Waals surface area contributed by atoms with Crippen molar-refractivity contribution in [3.05, 3.63) is 75.9 Å². The number of anilines is 2. The van der Waals surface area contributed by atoms with Gasteiger partial charge in [-0.2, -0.15) is 0 Å². The Labute approximate surface area is 205 Å². The summed E-state index contributed by atoms with van der Waals surface area (Å²) in [5.41, 5.74) is 1.93. The largest absolute Gasteiger partial charge is 0.465 e. The SMILES string of the molecule is COC(=O)c1ccccc1NC(=O)COC(=O)c1c(NC(=O)c2cccnc2)sc2c1CCCC2. The average Bonchev–Trinajstić information content (AvgIpc) is 3.25. The van der Waals surface area contributed by atoms with Crippen LogP contribution in [0.25, 0.3) is 0 Å². The highest BCUT2D eigenvalue weighted by atomic mass is 32.1. The van der Waals surface area contributed by atoms with Crippen LogP contribution in [0.5, 0.6) is 0 Å². The first-order chi connectivity index (χ1) is 17.0. The second kappa shape index (κ2) is 10.9. The lowest BCUT2D eigenvalue weighted by Gasteiger charge is -2.13. The summed E-state index contributed by atoms with van der Waals surface area (Å²) in [6.45, 7) is -0.561. The van der Waals surface area contributed by atoms with E-state index < -0.39 is 24.5 Å². The Morgan fingerprint density at radius 3 is 2.57 bits per heavy atom. The summed E-state index contributed by atoms with van der Waals surface area (Å²) in [6.07, 6.45) is 6.44. The number of pyridine rings is 1. The minimum Gasteiger partial charge on any atom is -0.465 e. The third kappa shape index (κ3) is 5.55. The first-order valence-corrected chi connectivity index (χ1v) is 11.8. The molecule has 2 N–H and O–H groups in total. The molecule has 10 heteroatoms. The molecule has 0 unspecified atom stereocenters. The fourth-order valence-electron chi connectivity index (χ4n) is 3.81. The molecular formula is C25H23N3O6S. The molecule has 2 aromatic heterocycles. The molecule has 0 fully saturated rings. The Kier molecular flexibility index (Phi) is 7.51. The Hall–Kier alpha value is -4.05.